The van der Waals surface area contributed by atoms with E-state index in [1.807, 2.05) is 5.32 Å². The molecule has 15 amide bonds. The first-order valence-corrected chi connectivity index (χ1v) is 36.0. The number of likely N-dealkylation sites (tertiary alicyclic amines) is 1. The highest BCUT2D eigenvalue weighted by atomic mass is 16.4. The van der Waals surface area contributed by atoms with Gasteiger partial charge >= 0.3 is 29.8 Å². The Hall–Kier alpha value is -10.8. The minimum Gasteiger partial charge on any atom is -0.481 e. The number of unbranched alkanes of at least 4 members (excludes halogenated alkanes) is 1. The maximum atomic E-state index is 14.3. The van der Waals surface area contributed by atoms with Crippen molar-refractivity contribution in [2.75, 3.05) is 39.5 Å². The fourth-order valence-electron chi connectivity index (χ4n) is 10.8. The molecule has 1 heterocycles. The maximum Gasteiger partial charge on any atom is 0.328 e. The van der Waals surface area contributed by atoms with Gasteiger partial charge in [0.15, 0.2) is 0 Å². The number of aliphatic carboxylic acids is 5. The lowest BCUT2D eigenvalue weighted by Crippen LogP contribution is -2.62. The molecule has 0 spiro atoms. The van der Waals surface area contributed by atoms with Gasteiger partial charge < -0.3 is 137 Å². The van der Waals surface area contributed by atoms with E-state index in [0.29, 0.717) is 0 Å². The third-order valence-corrected chi connectivity index (χ3v) is 17.6. The third kappa shape index (κ3) is 35.0. The van der Waals surface area contributed by atoms with Crippen LogP contribution >= 0.6 is 0 Å². The van der Waals surface area contributed by atoms with Gasteiger partial charge in [0.05, 0.1) is 51.7 Å². The van der Waals surface area contributed by atoms with Crippen molar-refractivity contribution in [3.05, 3.63) is 0 Å². The van der Waals surface area contributed by atoms with E-state index in [2.05, 4.69) is 63.8 Å². The largest absolute Gasteiger partial charge is 0.481 e. The molecule has 0 bridgehead atoms. The number of carbonyl (C=O) groups excluding carboxylic acids is 15. The summed E-state index contributed by atoms with van der Waals surface area (Å²) in [5.74, 6) is -27.9. The number of carboxylic acids is 5. The van der Waals surface area contributed by atoms with Crippen molar-refractivity contribution in [3.8, 4) is 0 Å². The van der Waals surface area contributed by atoms with Crippen LogP contribution in [-0.4, -0.2) is 299 Å². The highest BCUT2D eigenvalue weighted by molar-refractivity contribution is 6.02. The molecule has 1 rings (SSSR count). The van der Waals surface area contributed by atoms with Crippen LogP contribution in [0.1, 0.15) is 145 Å². The number of carboxylic acid groups (broad SMARTS) is 5. The second kappa shape index (κ2) is 50.1. The number of hydrogen-bond acceptors (Lipinski definition) is 26. The summed E-state index contributed by atoms with van der Waals surface area (Å²) in [6.07, 6.45) is -7.13. The van der Waals surface area contributed by atoms with Gasteiger partial charge in [-0.05, 0) is 82.6 Å². The van der Waals surface area contributed by atoms with Crippen molar-refractivity contribution < 1.29 is 142 Å². The second-order valence-electron chi connectivity index (χ2n) is 27.1. The van der Waals surface area contributed by atoms with Gasteiger partial charge in [0.25, 0.3) is 0 Å². The van der Waals surface area contributed by atoms with Crippen LogP contribution in [0.15, 0.2) is 0 Å². The van der Waals surface area contributed by atoms with Crippen molar-refractivity contribution in [2.45, 2.75) is 235 Å². The number of rotatable bonds is 54. The van der Waals surface area contributed by atoms with Crippen LogP contribution in [0.25, 0.3) is 0 Å². The van der Waals surface area contributed by atoms with E-state index >= 15 is 0 Å². The first kappa shape index (κ1) is 99.2. The molecule has 632 valence electrons. The van der Waals surface area contributed by atoms with Gasteiger partial charge in [0.1, 0.15) is 84.6 Å². The maximum absolute atomic E-state index is 14.3. The van der Waals surface area contributed by atoms with Crippen LogP contribution in [-0.2, 0) is 95.9 Å². The number of nitrogens with zero attached hydrogens (tertiary/aromatic N) is 1. The van der Waals surface area contributed by atoms with Crippen LogP contribution < -0.4 is 86.3 Å². The van der Waals surface area contributed by atoms with E-state index < -0.39 is 298 Å². The SMILES string of the molecule is CC[C@H](C)[C@H](NC(=O)[C@H](CO)NC(=O)[C@H](CC(=O)O)NC(=O)[C@@H]1CCCN1C(=O)[C@@H](NC(=O)CNC(=O)[C@H](CC(=O)O)NC(=O)[C@@H](N)[C@@H](C)O)[C@@H](C)CC)C(=O)N[C@@H](CCC(N)=O)C(=O)N[C@@H](CC(=O)O)C(=O)N[C@@H](CO)C(=O)N[C@@H](CC(C)C)C(=O)N[C@@H](CCCCN)C(=O)N[C@@H](CCC(=O)O)C(=O)N[C@@H](CO)C(=O)O. The molecule has 1 saturated heterocycles. The lowest BCUT2D eigenvalue weighted by Gasteiger charge is -2.32. The zero-order valence-corrected chi connectivity index (χ0v) is 63.1. The zero-order valence-electron chi connectivity index (χ0n) is 63.1. The summed E-state index contributed by atoms with van der Waals surface area (Å²) >= 11 is 0. The first-order chi connectivity index (χ1) is 52.4. The summed E-state index contributed by atoms with van der Waals surface area (Å²) in [4.78, 5) is 264. The number of nitrogens with one attached hydrogen (secondary N) is 13. The number of carbonyl (C=O) groups is 20. The Balaban J connectivity index is 3.50. The normalized spacial score (nSPS) is 16.8. The van der Waals surface area contributed by atoms with E-state index in [9.17, 15) is 142 Å². The van der Waals surface area contributed by atoms with E-state index in [4.69, 9.17) is 17.2 Å². The predicted octanol–water partition coefficient (Wildman–Crippen LogP) is -10.5. The standard InChI is InChI=1S/C66H109N17O29/c1-8-30(5)51(82-61(106)41(27-85)79-59(104)39(24-49(96)97)76-62(107)43-14-12-20-83(43)65(110)52(31(6)9-2)81-45(89)25-70-53(98)37(22-47(92)93)77-63(108)50(69)32(7)87)64(109)73-34(15-17-44(68)88)55(100)75-38(23-48(94)95)58(103)78-40(26-84)60(105)74-36(21-29(3)4)57(102)71-33(13-10-11-19-67)54(99)72-35(16-18-46(90)91)56(101)80-42(28-86)66(111)112/h29-43,50-52,84-87H,8-28,67,69H2,1-7H3,(H2,68,88)(H,70,98)(H,71,102)(H,72,99)(H,73,109)(H,74,105)(H,75,100)(H,76,107)(H,77,108)(H,78,103)(H,79,104)(H,80,101)(H,81,89)(H,82,106)(H,90,91)(H,92,93)(H,94,95)(H,96,97)(H,111,112)/t30-,31-,32+,33-,34-,35-,36-,37-,38-,39-,40-,41-,42-,43-,50-,51-,52-/m0/s1. The molecule has 112 heavy (non-hydrogen) atoms. The Labute approximate surface area is 642 Å². The summed E-state index contributed by atoms with van der Waals surface area (Å²) in [6, 6.07) is -25.0. The summed E-state index contributed by atoms with van der Waals surface area (Å²) < 4.78 is 0. The lowest BCUT2D eigenvalue weighted by molar-refractivity contribution is -0.144. The lowest BCUT2D eigenvalue weighted by atomic mass is 9.97. The first-order valence-electron chi connectivity index (χ1n) is 36.0. The minimum atomic E-state index is -2.20. The van der Waals surface area contributed by atoms with E-state index in [1.54, 1.807) is 27.7 Å². The summed E-state index contributed by atoms with van der Waals surface area (Å²) in [5, 5.41) is 117. The van der Waals surface area contributed by atoms with Crippen LogP contribution in [0.5, 0.6) is 0 Å². The molecule has 46 heteroatoms. The van der Waals surface area contributed by atoms with Crippen LogP contribution in [0.3, 0.4) is 0 Å². The molecule has 0 saturated carbocycles. The molecule has 0 radical (unpaired) electrons. The molecular weight excluding hydrogens is 1490 g/mol. The fraction of sp³-hybridized carbons (Fsp3) is 0.697. The predicted molar refractivity (Wildman–Crippen MR) is 383 cm³/mol. The second-order valence-corrected chi connectivity index (χ2v) is 27.1. The van der Waals surface area contributed by atoms with Crippen molar-refractivity contribution in [1.29, 1.82) is 0 Å². The number of aliphatic hydroxyl groups excluding tert-OH is 4. The highest BCUT2D eigenvalue weighted by Crippen LogP contribution is 2.23. The number of nitrogens with two attached hydrogens (primary N) is 3. The molecule has 0 aliphatic carbocycles. The fourth-order valence-corrected chi connectivity index (χ4v) is 10.8. The summed E-state index contributed by atoms with van der Waals surface area (Å²) in [5.41, 5.74) is 16.6. The third-order valence-electron chi connectivity index (χ3n) is 17.6. The topological polar surface area (TPSA) is 761 Å². The number of primary amides is 1. The molecule has 0 unspecified atom stereocenters. The molecule has 1 aliphatic rings. The van der Waals surface area contributed by atoms with Gasteiger partial charge in [-0.3, -0.25) is 91.1 Å². The molecule has 0 aromatic carbocycles. The highest BCUT2D eigenvalue weighted by Gasteiger charge is 2.43. The van der Waals surface area contributed by atoms with Crippen molar-refractivity contribution in [2.24, 2.45) is 35.0 Å². The molecule has 46 nitrogen and oxygen atoms in total. The molecule has 17 atom stereocenters. The Morgan fingerprint density at radius 2 is 0.830 bits per heavy atom. The van der Waals surface area contributed by atoms with E-state index in [0.717, 1.165) is 4.90 Å². The molecule has 1 fully saturated rings. The summed E-state index contributed by atoms with van der Waals surface area (Å²) in [7, 11) is 0. The van der Waals surface area contributed by atoms with Crippen molar-refractivity contribution in [1.82, 2.24) is 74.0 Å². The van der Waals surface area contributed by atoms with Gasteiger partial charge in [0.2, 0.25) is 88.6 Å². The molecule has 1 aliphatic heterocycles. The Kier molecular flexibility index (Phi) is 44.4. The Morgan fingerprint density at radius 3 is 1.28 bits per heavy atom. The average Bonchev–Trinajstić information content (AvgIpc) is 1.64. The molecule has 0 aromatic rings. The van der Waals surface area contributed by atoms with Gasteiger partial charge in [-0.1, -0.05) is 54.4 Å². The van der Waals surface area contributed by atoms with E-state index in [1.165, 1.54) is 20.8 Å². The average molecular weight is 1600 g/mol. The van der Waals surface area contributed by atoms with Gasteiger partial charge in [-0.2, -0.15) is 0 Å². The number of aliphatic hydroxyl groups is 4. The van der Waals surface area contributed by atoms with Gasteiger partial charge in [-0.25, -0.2) is 4.79 Å². The van der Waals surface area contributed by atoms with Crippen molar-refractivity contribution in [3.63, 3.8) is 0 Å². The smallest absolute Gasteiger partial charge is 0.328 e. The number of hydrogen-bond donors (Lipinski definition) is 25. The van der Waals surface area contributed by atoms with Crippen molar-refractivity contribution >= 4 is 118 Å². The van der Waals surface area contributed by atoms with Crippen LogP contribution in [0.4, 0.5) is 0 Å². The monoisotopic (exact) mass is 1600 g/mol. The minimum absolute atomic E-state index is 0.0479. The molecule has 28 N–H and O–H groups in total. The quantitative estimate of drug-likeness (QED) is 0.0252. The summed E-state index contributed by atoms with van der Waals surface area (Å²) in [6.45, 7) is 6.00. The van der Waals surface area contributed by atoms with Gasteiger partial charge in [0, 0.05) is 19.4 Å². The Morgan fingerprint density at radius 1 is 0.438 bits per heavy atom. The molecular formula is C66H109N17O29. The van der Waals surface area contributed by atoms with E-state index in [-0.39, 0.29) is 64.5 Å². The zero-order chi connectivity index (χ0) is 85.6. The van der Waals surface area contributed by atoms with Crippen LogP contribution in [0.2, 0.25) is 0 Å². The number of amides is 15. The van der Waals surface area contributed by atoms with Crippen LogP contribution in [0, 0.1) is 17.8 Å². The molecule has 0 aromatic heterocycles. The Bertz CT molecular complexity index is 3330. The van der Waals surface area contributed by atoms with Gasteiger partial charge in [-0.15, -0.1) is 0 Å².